The lowest BCUT2D eigenvalue weighted by Crippen LogP contribution is -2.59. The minimum atomic E-state index is -1.54. The number of ether oxygens (including phenoxy) is 4. The Morgan fingerprint density at radius 2 is 1.05 bits per heavy atom. The minimum Gasteiger partial charge on any atom is -0.457 e. The molecule has 4 N–H and O–H groups in total. The molecule has 1 rings (SSSR count). The van der Waals surface area contributed by atoms with Gasteiger partial charge in [-0.1, -0.05) is 157 Å². The molecule has 9 nitrogen and oxygen atoms in total. The van der Waals surface area contributed by atoms with E-state index in [2.05, 4.69) is 86.8 Å². The maximum atomic E-state index is 12.7. The standard InChI is InChI=1S/C49H84O9/c1-3-5-7-9-11-13-15-16-17-18-19-20-21-22-23-24-25-26-27-29-31-33-35-37-39-55-41-43(42-56-49-48(54)47(53)46(52)44(40-50)58-49)57-45(51)38-36-34-32-30-28-14-12-10-8-6-4-2/h5,7,10-13,16-17,19-20,22-23,43-44,46-50,52-54H,3-4,6,8-9,14-15,18,21,24-42H2,1-2H3/b7-5-,12-10-,13-11-,17-16-,20-19-,23-22-. The number of esters is 1. The zero-order valence-corrected chi connectivity index (χ0v) is 36.5. The van der Waals surface area contributed by atoms with Gasteiger partial charge in [-0.2, -0.15) is 0 Å². The van der Waals surface area contributed by atoms with E-state index >= 15 is 0 Å². The highest BCUT2D eigenvalue weighted by Gasteiger charge is 2.44. The van der Waals surface area contributed by atoms with Crippen LogP contribution in [0.5, 0.6) is 0 Å². The Kier molecular flexibility index (Phi) is 37.1. The zero-order valence-electron chi connectivity index (χ0n) is 36.5. The van der Waals surface area contributed by atoms with Crippen LogP contribution >= 0.6 is 0 Å². The summed E-state index contributed by atoms with van der Waals surface area (Å²) in [6.07, 6.45) is 45.0. The van der Waals surface area contributed by atoms with Gasteiger partial charge in [-0.3, -0.25) is 4.79 Å². The fourth-order valence-corrected chi connectivity index (χ4v) is 6.50. The van der Waals surface area contributed by atoms with Gasteiger partial charge in [-0.15, -0.1) is 0 Å². The molecule has 0 aromatic carbocycles. The van der Waals surface area contributed by atoms with E-state index in [0.717, 1.165) is 103 Å². The van der Waals surface area contributed by atoms with Crippen molar-refractivity contribution in [2.75, 3.05) is 26.4 Å². The number of aliphatic hydroxyl groups excluding tert-OH is 4. The van der Waals surface area contributed by atoms with Crippen molar-refractivity contribution in [2.45, 2.75) is 205 Å². The number of hydrogen-bond donors (Lipinski definition) is 4. The Hall–Kier alpha value is -2.37. The molecule has 6 atom stereocenters. The molecule has 9 heteroatoms. The van der Waals surface area contributed by atoms with Gasteiger partial charge < -0.3 is 39.4 Å². The molecule has 1 saturated heterocycles. The lowest BCUT2D eigenvalue weighted by Gasteiger charge is -2.39. The van der Waals surface area contributed by atoms with Gasteiger partial charge in [0.25, 0.3) is 0 Å². The number of carbonyl (C=O) groups excluding carboxylic acids is 1. The first-order chi connectivity index (χ1) is 28.4. The van der Waals surface area contributed by atoms with Gasteiger partial charge in [0.1, 0.15) is 30.5 Å². The van der Waals surface area contributed by atoms with Crippen molar-refractivity contribution in [3.63, 3.8) is 0 Å². The molecule has 0 aromatic rings. The van der Waals surface area contributed by atoms with Crippen molar-refractivity contribution in [2.24, 2.45) is 0 Å². The summed E-state index contributed by atoms with van der Waals surface area (Å²) in [5.41, 5.74) is 0. The number of rotatable bonds is 38. The smallest absolute Gasteiger partial charge is 0.306 e. The summed E-state index contributed by atoms with van der Waals surface area (Å²) in [5, 5.41) is 40.1. The zero-order chi connectivity index (χ0) is 42.2. The highest BCUT2D eigenvalue weighted by atomic mass is 16.7. The largest absolute Gasteiger partial charge is 0.457 e. The van der Waals surface area contributed by atoms with Gasteiger partial charge in [-0.25, -0.2) is 0 Å². The van der Waals surface area contributed by atoms with Crippen molar-refractivity contribution in [1.82, 2.24) is 0 Å². The van der Waals surface area contributed by atoms with Gasteiger partial charge in [0.05, 0.1) is 19.8 Å². The van der Waals surface area contributed by atoms with Crippen LogP contribution in [0.15, 0.2) is 72.9 Å². The second-order valence-electron chi connectivity index (χ2n) is 15.5. The van der Waals surface area contributed by atoms with Crippen LogP contribution in [0.4, 0.5) is 0 Å². The molecule has 1 fully saturated rings. The summed E-state index contributed by atoms with van der Waals surface area (Å²) in [7, 11) is 0. The summed E-state index contributed by atoms with van der Waals surface area (Å²) in [6.45, 7) is 4.36. The first kappa shape index (κ1) is 53.6. The molecule has 1 aliphatic rings. The molecule has 6 unspecified atom stereocenters. The van der Waals surface area contributed by atoms with Crippen LogP contribution in [0.1, 0.15) is 168 Å². The molecule has 1 heterocycles. The molecule has 0 spiro atoms. The molecule has 0 aliphatic carbocycles. The number of aliphatic hydroxyl groups is 4. The molecular weight excluding hydrogens is 733 g/mol. The van der Waals surface area contributed by atoms with Crippen molar-refractivity contribution >= 4 is 5.97 Å². The summed E-state index contributed by atoms with van der Waals surface area (Å²) in [5.74, 6) is -0.331. The van der Waals surface area contributed by atoms with E-state index in [1.807, 2.05) is 0 Å². The van der Waals surface area contributed by atoms with Crippen LogP contribution in [-0.4, -0.2) is 89.6 Å². The molecule has 0 saturated carbocycles. The van der Waals surface area contributed by atoms with Crippen LogP contribution in [0.25, 0.3) is 0 Å². The SMILES string of the molecule is CC/C=C\C/C=C\C/C=C\C/C=C\C/C=C\CCCCCCCCCCOCC(COC1OC(CO)C(O)C(O)C1O)OC(=O)CCCCCCC/C=C\CCCC. The number of unbranched alkanes of at least 4 members (excludes halogenated alkanes) is 15. The van der Waals surface area contributed by atoms with Crippen LogP contribution < -0.4 is 0 Å². The van der Waals surface area contributed by atoms with E-state index in [0.29, 0.717) is 13.0 Å². The average molecular weight is 817 g/mol. The van der Waals surface area contributed by atoms with Crippen LogP contribution in [0.2, 0.25) is 0 Å². The first-order valence-corrected chi connectivity index (χ1v) is 23.0. The summed E-state index contributed by atoms with van der Waals surface area (Å²) in [6, 6.07) is 0. The third-order valence-corrected chi connectivity index (χ3v) is 10.1. The van der Waals surface area contributed by atoms with Crippen LogP contribution in [-0.2, 0) is 23.7 Å². The van der Waals surface area contributed by atoms with E-state index in [9.17, 15) is 25.2 Å². The third-order valence-electron chi connectivity index (χ3n) is 10.1. The van der Waals surface area contributed by atoms with Gasteiger partial charge in [0.2, 0.25) is 0 Å². The second-order valence-corrected chi connectivity index (χ2v) is 15.5. The highest BCUT2D eigenvalue weighted by Crippen LogP contribution is 2.22. The second kappa shape index (κ2) is 40.1. The van der Waals surface area contributed by atoms with Gasteiger partial charge in [0, 0.05) is 13.0 Å². The Bertz CT molecular complexity index is 1110. The van der Waals surface area contributed by atoms with E-state index in [1.165, 1.54) is 44.9 Å². The monoisotopic (exact) mass is 817 g/mol. The fraction of sp³-hybridized carbons (Fsp3) is 0.735. The summed E-state index contributed by atoms with van der Waals surface area (Å²) in [4.78, 5) is 12.7. The molecule has 1 aliphatic heterocycles. The Morgan fingerprint density at radius 1 is 0.569 bits per heavy atom. The van der Waals surface area contributed by atoms with Gasteiger partial charge in [0.15, 0.2) is 6.29 Å². The lowest BCUT2D eigenvalue weighted by molar-refractivity contribution is -0.305. The van der Waals surface area contributed by atoms with Crippen molar-refractivity contribution in [3.8, 4) is 0 Å². The molecule has 0 radical (unpaired) electrons. The van der Waals surface area contributed by atoms with Crippen molar-refractivity contribution in [3.05, 3.63) is 72.9 Å². The lowest BCUT2D eigenvalue weighted by atomic mass is 9.99. The minimum absolute atomic E-state index is 0.124. The number of carbonyl (C=O) groups is 1. The van der Waals surface area contributed by atoms with Crippen LogP contribution in [0, 0.1) is 0 Å². The molecule has 58 heavy (non-hydrogen) atoms. The van der Waals surface area contributed by atoms with Crippen molar-refractivity contribution < 1.29 is 44.2 Å². The van der Waals surface area contributed by atoms with E-state index < -0.39 is 43.4 Å². The predicted molar refractivity (Wildman–Crippen MR) is 237 cm³/mol. The normalized spacial score (nSPS) is 21.0. The third kappa shape index (κ3) is 30.6. The Balaban J connectivity index is 2.22. The number of allylic oxidation sites excluding steroid dienone is 12. The number of hydrogen-bond acceptors (Lipinski definition) is 9. The Labute approximate surface area is 353 Å². The molecule has 0 amide bonds. The maximum Gasteiger partial charge on any atom is 0.306 e. The maximum absolute atomic E-state index is 12.7. The summed E-state index contributed by atoms with van der Waals surface area (Å²) >= 11 is 0. The first-order valence-electron chi connectivity index (χ1n) is 23.0. The molecular formula is C49H84O9. The van der Waals surface area contributed by atoms with Crippen LogP contribution in [0.3, 0.4) is 0 Å². The topological polar surface area (TPSA) is 135 Å². The summed E-state index contributed by atoms with van der Waals surface area (Å²) < 4.78 is 22.8. The van der Waals surface area contributed by atoms with Gasteiger partial charge >= 0.3 is 5.97 Å². The molecule has 0 aromatic heterocycles. The Morgan fingerprint density at radius 3 is 1.60 bits per heavy atom. The molecule has 334 valence electrons. The quantitative estimate of drug-likeness (QED) is 0.0273. The molecule has 0 bridgehead atoms. The van der Waals surface area contributed by atoms with E-state index in [4.69, 9.17) is 18.9 Å². The van der Waals surface area contributed by atoms with Gasteiger partial charge in [-0.05, 0) is 77.0 Å². The fourth-order valence-electron chi connectivity index (χ4n) is 6.50. The van der Waals surface area contributed by atoms with E-state index in [1.54, 1.807) is 0 Å². The van der Waals surface area contributed by atoms with Crippen molar-refractivity contribution in [1.29, 1.82) is 0 Å². The van der Waals surface area contributed by atoms with E-state index in [-0.39, 0.29) is 19.2 Å². The predicted octanol–water partition coefficient (Wildman–Crippen LogP) is 10.5. The highest BCUT2D eigenvalue weighted by molar-refractivity contribution is 5.69. The average Bonchev–Trinajstić information content (AvgIpc) is 3.22.